The summed E-state index contributed by atoms with van der Waals surface area (Å²) in [5, 5.41) is 10.3. The Morgan fingerprint density at radius 3 is 2.23 bits per heavy atom. The van der Waals surface area contributed by atoms with E-state index in [9.17, 15) is 19.5 Å². The second-order valence-electron chi connectivity index (χ2n) is 16.1. The number of carbonyl (C=O) groups is 3. The lowest BCUT2D eigenvalue weighted by Gasteiger charge is -2.37. The Morgan fingerprint density at radius 2 is 1.49 bits per heavy atom. The van der Waals surface area contributed by atoms with E-state index in [0.29, 0.717) is 52.7 Å². The number of rotatable bonds is 7. The molecule has 0 aliphatic carbocycles. The van der Waals surface area contributed by atoms with E-state index in [1.54, 1.807) is 39.9 Å². The van der Waals surface area contributed by atoms with Gasteiger partial charge in [-0.15, -0.1) is 0 Å². The van der Waals surface area contributed by atoms with Crippen molar-refractivity contribution in [3.8, 4) is 11.5 Å². The van der Waals surface area contributed by atoms with Crippen LogP contribution >= 0.6 is 0 Å². The summed E-state index contributed by atoms with van der Waals surface area (Å²) in [5.74, 6) is -0.251. The summed E-state index contributed by atoms with van der Waals surface area (Å²) in [7, 11) is -3.53. The van der Waals surface area contributed by atoms with Crippen LogP contribution in [0.15, 0.2) is 121 Å². The molecule has 9 nitrogen and oxygen atoms in total. The maximum Gasteiger partial charge on any atom is 0.266 e. The number of carbonyl (C=O) groups excluding carboxylic acids is 3. The van der Waals surface area contributed by atoms with Gasteiger partial charge in [0.15, 0.2) is 11.4 Å². The molecule has 0 unspecified atom stereocenters. The van der Waals surface area contributed by atoms with Crippen LogP contribution in [0.25, 0.3) is 0 Å². The van der Waals surface area contributed by atoms with E-state index in [1.807, 2.05) is 116 Å². The minimum Gasteiger partial charge on any atom is -0.454 e. The van der Waals surface area contributed by atoms with Gasteiger partial charge < -0.3 is 28.5 Å². The van der Waals surface area contributed by atoms with Crippen LogP contribution in [0.1, 0.15) is 46.0 Å². The largest absolute Gasteiger partial charge is 0.454 e. The second-order valence-corrected chi connectivity index (χ2v) is 19.9. The highest BCUT2D eigenvalue weighted by Gasteiger charge is 2.67. The first kappa shape index (κ1) is 37.0. The lowest BCUT2D eigenvalue weighted by Crippen LogP contribution is -2.48. The van der Waals surface area contributed by atoms with Gasteiger partial charge in [-0.3, -0.25) is 19.3 Å². The lowest BCUT2D eigenvalue weighted by molar-refractivity contribution is -0.151. The Balaban J connectivity index is 1.01. The topological polar surface area (TPSA) is 99.6 Å². The van der Waals surface area contributed by atoms with Gasteiger partial charge in [0.1, 0.15) is 5.75 Å². The number of halogens is 1. The van der Waals surface area contributed by atoms with Gasteiger partial charge in [0.25, 0.3) is 11.8 Å². The SMILES string of the molecule is C[C@H]1[C@H]([Si](C)(C)F)[C@@H](CC(=O)N2Cc3ccccc3C[C@H]2CO)O[C@]12C(=O)N(Cc1ccc(N3C(=O)c4ccccc4Oc4ccccc43)cc1)c1ccccc12. The zero-order valence-corrected chi connectivity index (χ0v) is 33.1. The van der Waals surface area contributed by atoms with Crippen molar-refractivity contribution in [2.24, 2.45) is 5.92 Å². The molecule has 290 valence electrons. The molecule has 5 aromatic carbocycles. The molecule has 1 N–H and O–H groups in total. The summed E-state index contributed by atoms with van der Waals surface area (Å²) < 4.78 is 29.6. The normalized spacial score (nSPS) is 23.8. The van der Waals surface area contributed by atoms with Crippen LogP contribution in [-0.4, -0.2) is 54.9 Å². The summed E-state index contributed by atoms with van der Waals surface area (Å²) in [6.07, 6.45) is -0.404. The van der Waals surface area contributed by atoms with Gasteiger partial charge in [0.2, 0.25) is 14.3 Å². The van der Waals surface area contributed by atoms with Gasteiger partial charge in [-0.2, -0.15) is 0 Å². The number of para-hydroxylation sites is 4. The maximum absolute atomic E-state index is 16.6. The maximum atomic E-state index is 16.6. The number of aliphatic hydroxyl groups is 1. The molecule has 0 aromatic heterocycles. The predicted octanol–water partition coefficient (Wildman–Crippen LogP) is 8.43. The highest BCUT2D eigenvalue weighted by atomic mass is 28.4. The van der Waals surface area contributed by atoms with Crippen LogP contribution < -0.4 is 14.5 Å². The first-order chi connectivity index (χ1) is 27.5. The second kappa shape index (κ2) is 14.1. The lowest BCUT2D eigenvalue weighted by atomic mass is 9.82. The molecule has 0 bridgehead atoms. The molecule has 5 atom stereocenters. The molecular weight excluding hydrogens is 738 g/mol. The fraction of sp³-hybridized carbons (Fsp3) is 0.283. The van der Waals surface area contributed by atoms with Crippen molar-refractivity contribution in [2.75, 3.05) is 16.4 Å². The molecule has 4 heterocycles. The Labute approximate surface area is 332 Å². The summed E-state index contributed by atoms with van der Waals surface area (Å²) in [5.41, 5.74) is 3.86. The van der Waals surface area contributed by atoms with Gasteiger partial charge in [-0.1, -0.05) is 85.8 Å². The highest BCUT2D eigenvalue weighted by molar-refractivity contribution is 6.72. The van der Waals surface area contributed by atoms with Crippen molar-refractivity contribution in [1.82, 2.24) is 4.90 Å². The Kier molecular flexibility index (Phi) is 9.14. The molecule has 3 amide bonds. The standard InChI is InChI=1S/C46H44FN3O6Si/c1-29-43(57(2,3)47)41(25-42(52)48-27-32-13-5-4-12-31(32)24-34(48)28-51)56-46(29)36-15-7-8-16-37(36)49(45(46)54)26-30-20-22-33(23-21-30)50-38-17-9-11-19-40(38)55-39-18-10-6-14-35(39)44(50)53/h4-23,29,34,41,43,51H,24-28H2,1-3H3/t29-,34-,41+,43-,46+/m0/s1. The van der Waals surface area contributed by atoms with Crippen LogP contribution in [0, 0.1) is 5.92 Å². The van der Waals surface area contributed by atoms with Crippen molar-refractivity contribution >= 4 is 43.2 Å². The number of nitrogens with zero attached hydrogens (tertiary/aromatic N) is 3. The summed E-state index contributed by atoms with van der Waals surface area (Å²) in [6, 6.07) is 37.1. The van der Waals surface area contributed by atoms with E-state index in [1.165, 1.54) is 0 Å². The molecule has 11 heteroatoms. The van der Waals surface area contributed by atoms with Crippen molar-refractivity contribution < 1.29 is 33.1 Å². The molecule has 4 aliphatic heterocycles. The van der Waals surface area contributed by atoms with Crippen LogP contribution in [0.5, 0.6) is 11.5 Å². The number of anilines is 3. The van der Waals surface area contributed by atoms with E-state index >= 15 is 4.11 Å². The van der Waals surface area contributed by atoms with Crippen LogP contribution in [0.2, 0.25) is 18.6 Å². The number of aliphatic hydroxyl groups excluding tert-OH is 1. The number of hydrogen-bond acceptors (Lipinski definition) is 6. The predicted molar refractivity (Wildman–Crippen MR) is 218 cm³/mol. The fourth-order valence-electron chi connectivity index (χ4n) is 9.69. The number of ether oxygens (including phenoxy) is 2. The van der Waals surface area contributed by atoms with Gasteiger partial charge in [-0.25, -0.2) is 0 Å². The Hall–Kier alpha value is -5.62. The third-order valence-corrected chi connectivity index (χ3v) is 14.8. The molecule has 1 fully saturated rings. The van der Waals surface area contributed by atoms with Crippen molar-refractivity contribution in [1.29, 1.82) is 0 Å². The number of amides is 3. The number of hydrogen-bond donors (Lipinski definition) is 1. The minimum atomic E-state index is -3.53. The van der Waals surface area contributed by atoms with Crippen molar-refractivity contribution in [2.45, 2.75) is 69.2 Å². The van der Waals surface area contributed by atoms with Crippen molar-refractivity contribution in [3.63, 3.8) is 0 Å². The van der Waals surface area contributed by atoms with Crippen LogP contribution in [0.4, 0.5) is 21.2 Å². The zero-order chi connectivity index (χ0) is 39.6. The first-order valence-corrected chi connectivity index (χ1v) is 22.5. The van der Waals surface area contributed by atoms with E-state index in [0.717, 1.165) is 16.7 Å². The van der Waals surface area contributed by atoms with E-state index in [4.69, 9.17) is 9.47 Å². The fourth-order valence-corrected chi connectivity index (χ4v) is 12.2. The Bertz CT molecular complexity index is 2400. The average Bonchev–Trinajstić information content (AvgIpc) is 3.59. The molecule has 0 saturated carbocycles. The molecule has 1 spiro atoms. The third-order valence-electron chi connectivity index (χ3n) is 12.3. The van der Waals surface area contributed by atoms with Gasteiger partial charge in [0, 0.05) is 29.3 Å². The van der Waals surface area contributed by atoms with Crippen LogP contribution in [-0.2, 0) is 39.4 Å². The number of fused-ring (bicyclic) bond motifs is 5. The molecule has 57 heavy (non-hydrogen) atoms. The molecule has 9 rings (SSSR count). The zero-order valence-electron chi connectivity index (χ0n) is 32.1. The molecule has 0 radical (unpaired) electrons. The third kappa shape index (κ3) is 6.07. The minimum absolute atomic E-state index is 0.0967. The van der Waals surface area contributed by atoms with Gasteiger partial charge >= 0.3 is 0 Å². The van der Waals surface area contributed by atoms with Gasteiger partial charge in [-0.05, 0) is 78.7 Å². The monoisotopic (exact) mass is 781 g/mol. The summed E-state index contributed by atoms with van der Waals surface area (Å²) >= 11 is 0. The Morgan fingerprint density at radius 1 is 0.842 bits per heavy atom. The van der Waals surface area contributed by atoms with Crippen molar-refractivity contribution in [3.05, 3.63) is 149 Å². The molecular formula is C46H44FN3O6Si. The van der Waals surface area contributed by atoms with E-state index in [-0.39, 0.29) is 37.3 Å². The van der Waals surface area contributed by atoms with Crippen LogP contribution in [0.3, 0.4) is 0 Å². The summed E-state index contributed by atoms with van der Waals surface area (Å²) in [4.78, 5) is 48.2. The molecule has 1 saturated heterocycles. The first-order valence-electron chi connectivity index (χ1n) is 19.5. The molecule has 5 aromatic rings. The quantitative estimate of drug-likeness (QED) is 0.132. The molecule has 4 aliphatic rings. The number of benzene rings is 5. The summed E-state index contributed by atoms with van der Waals surface area (Å²) in [6.45, 7) is 5.52. The van der Waals surface area contributed by atoms with E-state index < -0.39 is 37.6 Å². The smallest absolute Gasteiger partial charge is 0.266 e. The van der Waals surface area contributed by atoms with Gasteiger partial charge in [0.05, 0.1) is 48.7 Å². The highest BCUT2D eigenvalue weighted by Crippen LogP contribution is 2.60. The van der Waals surface area contributed by atoms with E-state index in [2.05, 4.69) is 0 Å². The average molecular weight is 782 g/mol.